The molecular formula is C13H20O2. The van der Waals surface area contributed by atoms with Gasteiger partial charge in [0.15, 0.2) is 0 Å². The molecule has 2 unspecified atom stereocenters. The van der Waals surface area contributed by atoms with Crippen LogP contribution in [0.2, 0.25) is 0 Å². The summed E-state index contributed by atoms with van der Waals surface area (Å²) in [5.41, 5.74) is 0. The van der Waals surface area contributed by atoms with Crippen LogP contribution in [0.25, 0.3) is 0 Å². The molecule has 0 spiro atoms. The lowest BCUT2D eigenvalue weighted by Crippen LogP contribution is -2.28. The normalized spacial score (nSPS) is 33.7. The van der Waals surface area contributed by atoms with Crippen LogP contribution in [-0.4, -0.2) is 11.6 Å². The highest BCUT2D eigenvalue weighted by molar-refractivity contribution is 5.86. The minimum atomic E-state index is 0.210. The van der Waals surface area contributed by atoms with Gasteiger partial charge in [-0.3, -0.25) is 9.59 Å². The lowest BCUT2D eigenvalue weighted by Gasteiger charge is -2.25. The molecule has 0 bridgehead atoms. The highest BCUT2D eigenvalue weighted by Crippen LogP contribution is 2.40. The van der Waals surface area contributed by atoms with Crippen LogP contribution >= 0.6 is 0 Å². The number of hydrogen-bond donors (Lipinski definition) is 0. The number of Topliss-reactive ketones (excluding diaryl/α,β-unsaturated/α-hetero) is 2. The Morgan fingerprint density at radius 3 is 1.80 bits per heavy atom. The predicted molar refractivity (Wildman–Crippen MR) is 58.5 cm³/mol. The topological polar surface area (TPSA) is 34.1 Å². The molecule has 2 fully saturated rings. The summed E-state index contributed by atoms with van der Waals surface area (Å²) < 4.78 is 0. The summed E-state index contributed by atoms with van der Waals surface area (Å²) in [7, 11) is 0. The number of carbonyl (C=O) groups is 2. The third kappa shape index (κ3) is 1.99. The van der Waals surface area contributed by atoms with Gasteiger partial charge in [-0.1, -0.05) is 13.3 Å². The van der Waals surface area contributed by atoms with E-state index in [1.807, 2.05) is 0 Å². The number of carbonyl (C=O) groups excluding carboxylic acids is 2. The van der Waals surface area contributed by atoms with Crippen molar-refractivity contribution in [2.75, 3.05) is 0 Å². The fourth-order valence-corrected chi connectivity index (χ4v) is 3.44. The van der Waals surface area contributed by atoms with E-state index in [0.29, 0.717) is 17.5 Å². The molecule has 0 aromatic rings. The molecule has 2 atom stereocenters. The minimum Gasteiger partial charge on any atom is -0.299 e. The third-order valence-electron chi connectivity index (χ3n) is 4.21. The molecule has 2 nitrogen and oxygen atoms in total. The van der Waals surface area contributed by atoms with Crippen molar-refractivity contribution in [1.29, 1.82) is 0 Å². The Morgan fingerprint density at radius 2 is 1.53 bits per heavy atom. The summed E-state index contributed by atoms with van der Waals surface area (Å²) >= 11 is 0. The quantitative estimate of drug-likeness (QED) is 0.714. The highest BCUT2D eigenvalue weighted by Gasteiger charge is 2.39. The molecule has 2 aliphatic rings. The van der Waals surface area contributed by atoms with Gasteiger partial charge < -0.3 is 0 Å². The van der Waals surface area contributed by atoms with Crippen LogP contribution in [0.15, 0.2) is 0 Å². The number of hydrogen-bond acceptors (Lipinski definition) is 2. The Hall–Kier alpha value is -0.660. The van der Waals surface area contributed by atoms with E-state index in [-0.39, 0.29) is 11.8 Å². The van der Waals surface area contributed by atoms with Gasteiger partial charge in [-0.25, -0.2) is 0 Å². The summed E-state index contributed by atoms with van der Waals surface area (Å²) in [4.78, 5) is 23.5. The van der Waals surface area contributed by atoms with Crippen molar-refractivity contribution < 1.29 is 9.59 Å². The zero-order chi connectivity index (χ0) is 10.8. The van der Waals surface area contributed by atoms with Gasteiger partial charge in [-0.15, -0.1) is 0 Å². The standard InChI is InChI=1S/C13H20O2/c1-2-9(10-5-3-7-12(10)14)11-6-4-8-13(11)15/h9-11H,2-8H2,1H3. The zero-order valence-corrected chi connectivity index (χ0v) is 9.50. The second-order valence-corrected chi connectivity index (χ2v) is 5.00. The molecule has 2 heteroatoms. The summed E-state index contributed by atoms with van der Waals surface area (Å²) in [5, 5.41) is 0. The molecule has 0 aromatic heterocycles. The maximum Gasteiger partial charge on any atom is 0.136 e. The number of rotatable bonds is 3. The number of ketones is 2. The maximum atomic E-state index is 11.7. The molecule has 2 rings (SSSR count). The van der Waals surface area contributed by atoms with E-state index in [0.717, 1.165) is 44.9 Å². The first-order chi connectivity index (χ1) is 7.24. The maximum absolute atomic E-state index is 11.7. The van der Waals surface area contributed by atoms with Crippen molar-refractivity contribution in [2.45, 2.75) is 51.9 Å². The second kappa shape index (κ2) is 4.46. The first-order valence-electron chi connectivity index (χ1n) is 6.29. The molecule has 2 aliphatic carbocycles. The average molecular weight is 208 g/mol. The lowest BCUT2D eigenvalue weighted by molar-refractivity contribution is -0.126. The molecule has 84 valence electrons. The first kappa shape index (κ1) is 10.8. The van der Waals surface area contributed by atoms with Crippen molar-refractivity contribution in [1.82, 2.24) is 0 Å². The van der Waals surface area contributed by atoms with Crippen LogP contribution in [0.5, 0.6) is 0 Å². The smallest absolute Gasteiger partial charge is 0.136 e. The van der Waals surface area contributed by atoms with E-state index in [9.17, 15) is 9.59 Å². The lowest BCUT2D eigenvalue weighted by atomic mass is 9.77. The Morgan fingerprint density at radius 1 is 1.07 bits per heavy atom. The van der Waals surface area contributed by atoms with E-state index >= 15 is 0 Å². The van der Waals surface area contributed by atoms with Gasteiger partial charge in [0.2, 0.25) is 0 Å². The third-order valence-corrected chi connectivity index (χ3v) is 4.21. The van der Waals surface area contributed by atoms with Crippen molar-refractivity contribution in [3.8, 4) is 0 Å². The van der Waals surface area contributed by atoms with Crippen LogP contribution in [0.3, 0.4) is 0 Å². The molecule has 0 saturated heterocycles. The minimum absolute atomic E-state index is 0.210. The largest absolute Gasteiger partial charge is 0.299 e. The van der Waals surface area contributed by atoms with Gasteiger partial charge in [0.1, 0.15) is 11.6 Å². The SMILES string of the molecule is CCC(C1CCCC1=O)C1CCCC1=O. The van der Waals surface area contributed by atoms with Crippen molar-refractivity contribution in [2.24, 2.45) is 17.8 Å². The van der Waals surface area contributed by atoms with E-state index in [4.69, 9.17) is 0 Å². The predicted octanol–water partition coefficient (Wildman–Crippen LogP) is 2.75. The van der Waals surface area contributed by atoms with Crippen LogP contribution in [0.1, 0.15) is 51.9 Å². The second-order valence-electron chi connectivity index (χ2n) is 5.00. The summed E-state index contributed by atoms with van der Waals surface area (Å²) in [6.45, 7) is 2.13. The molecule has 0 radical (unpaired) electrons. The molecule has 0 aromatic carbocycles. The summed E-state index contributed by atoms with van der Waals surface area (Å²) in [5.74, 6) is 1.61. The monoisotopic (exact) mass is 208 g/mol. The molecule has 15 heavy (non-hydrogen) atoms. The van der Waals surface area contributed by atoms with Gasteiger partial charge in [-0.05, 0) is 31.6 Å². The van der Waals surface area contributed by atoms with Crippen LogP contribution in [-0.2, 0) is 9.59 Å². The molecule has 2 saturated carbocycles. The van der Waals surface area contributed by atoms with Crippen molar-refractivity contribution in [3.05, 3.63) is 0 Å². The van der Waals surface area contributed by atoms with Crippen LogP contribution in [0.4, 0.5) is 0 Å². The first-order valence-corrected chi connectivity index (χ1v) is 6.29. The van der Waals surface area contributed by atoms with Gasteiger partial charge >= 0.3 is 0 Å². The molecular weight excluding hydrogens is 188 g/mol. The van der Waals surface area contributed by atoms with Crippen LogP contribution in [0, 0.1) is 17.8 Å². The fourth-order valence-electron chi connectivity index (χ4n) is 3.44. The highest BCUT2D eigenvalue weighted by atomic mass is 16.1. The zero-order valence-electron chi connectivity index (χ0n) is 9.50. The van der Waals surface area contributed by atoms with E-state index in [1.54, 1.807) is 0 Å². The Labute approximate surface area is 91.4 Å². The van der Waals surface area contributed by atoms with E-state index in [2.05, 4.69) is 6.92 Å². The van der Waals surface area contributed by atoms with E-state index in [1.165, 1.54) is 0 Å². The molecule has 0 amide bonds. The molecule has 0 aliphatic heterocycles. The average Bonchev–Trinajstić information content (AvgIpc) is 2.80. The van der Waals surface area contributed by atoms with Crippen molar-refractivity contribution in [3.63, 3.8) is 0 Å². The Kier molecular flexibility index (Phi) is 3.22. The van der Waals surface area contributed by atoms with Gasteiger partial charge in [-0.2, -0.15) is 0 Å². The van der Waals surface area contributed by atoms with Crippen LogP contribution < -0.4 is 0 Å². The summed E-state index contributed by atoms with van der Waals surface area (Å²) in [6, 6.07) is 0. The fraction of sp³-hybridized carbons (Fsp3) is 0.846. The van der Waals surface area contributed by atoms with Gasteiger partial charge in [0.05, 0.1) is 0 Å². The van der Waals surface area contributed by atoms with Crippen molar-refractivity contribution >= 4 is 11.6 Å². The molecule has 0 heterocycles. The Bertz CT molecular complexity index is 244. The Balaban J connectivity index is 2.09. The summed E-state index contributed by atoms with van der Waals surface area (Å²) in [6.07, 6.45) is 6.64. The molecule has 0 N–H and O–H groups in total. The van der Waals surface area contributed by atoms with Gasteiger partial charge in [0.25, 0.3) is 0 Å². The van der Waals surface area contributed by atoms with Gasteiger partial charge in [0, 0.05) is 24.7 Å². The van der Waals surface area contributed by atoms with E-state index < -0.39 is 0 Å².